The van der Waals surface area contributed by atoms with Crippen molar-refractivity contribution in [2.45, 2.75) is 6.92 Å². The van der Waals surface area contributed by atoms with Crippen molar-refractivity contribution >= 4 is 28.6 Å². The Morgan fingerprint density at radius 1 is 1.26 bits per heavy atom. The smallest absolute Gasteiger partial charge is 0.266 e. The molecule has 0 aliphatic rings. The number of aryl methyl sites for hydroxylation is 1. The molecule has 3 aromatic rings. The van der Waals surface area contributed by atoms with E-state index in [0.717, 1.165) is 10.9 Å². The maximum absolute atomic E-state index is 12.3. The monoisotopic (exact) mass is 303 g/mol. The number of carbonyl (C=O) groups excluding carboxylic acids is 1. The zero-order valence-electron chi connectivity index (χ0n) is 12.4. The van der Waals surface area contributed by atoms with Gasteiger partial charge in [-0.15, -0.1) is 0 Å². The van der Waals surface area contributed by atoms with Gasteiger partial charge in [0.1, 0.15) is 23.2 Å². The summed E-state index contributed by atoms with van der Waals surface area (Å²) in [6.45, 7) is 1.80. The van der Waals surface area contributed by atoms with Gasteiger partial charge in [0.2, 0.25) is 0 Å². The van der Waals surface area contributed by atoms with Gasteiger partial charge in [-0.05, 0) is 43.3 Å². The number of pyridine rings is 1. The van der Waals surface area contributed by atoms with E-state index < -0.39 is 5.91 Å². The van der Waals surface area contributed by atoms with Crippen LogP contribution in [0.4, 0.5) is 5.69 Å². The van der Waals surface area contributed by atoms with Crippen molar-refractivity contribution in [2.75, 3.05) is 5.32 Å². The Morgan fingerprint density at radius 3 is 2.87 bits per heavy atom. The van der Waals surface area contributed by atoms with Crippen molar-refractivity contribution < 1.29 is 9.21 Å². The lowest BCUT2D eigenvalue weighted by atomic mass is 10.1. The minimum atomic E-state index is -0.488. The van der Waals surface area contributed by atoms with Gasteiger partial charge in [0.05, 0.1) is 11.2 Å². The molecule has 5 nitrogen and oxygen atoms in total. The van der Waals surface area contributed by atoms with Crippen LogP contribution in [0.25, 0.3) is 17.0 Å². The first-order chi connectivity index (χ1) is 11.2. The average Bonchev–Trinajstić information content (AvgIpc) is 2.98. The van der Waals surface area contributed by atoms with Gasteiger partial charge in [-0.2, -0.15) is 5.26 Å². The summed E-state index contributed by atoms with van der Waals surface area (Å²) in [6.07, 6.45) is 3.11. The molecule has 3 rings (SSSR count). The van der Waals surface area contributed by atoms with E-state index in [1.54, 1.807) is 43.5 Å². The predicted octanol–water partition coefficient (Wildman–Crippen LogP) is 3.68. The van der Waals surface area contributed by atoms with Crippen LogP contribution >= 0.6 is 0 Å². The largest absolute Gasteiger partial charge is 0.462 e. The first-order valence-corrected chi connectivity index (χ1v) is 7.01. The lowest BCUT2D eigenvalue weighted by Gasteiger charge is -2.07. The number of rotatable bonds is 3. The number of nitriles is 1. The van der Waals surface area contributed by atoms with E-state index in [1.165, 1.54) is 6.08 Å². The van der Waals surface area contributed by atoms with E-state index in [-0.39, 0.29) is 5.57 Å². The highest BCUT2D eigenvalue weighted by atomic mass is 16.3. The van der Waals surface area contributed by atoms with Crippen LogP contribution in [0, 0.1) is 18.3 Å². The Hall–Kier alpha value is -3.39. The molecule has 0 bridgehead atoms. The number of fused-ring (bicyclic) bond motifs is 1. The minimum absolute atomic E-state index is 0.0276. The topological polar surface area (TPSA) is 78.9 Å². The Kier molecular flexibility index (Phi) is 3.89. The van der Waals surface area contributed by atoms with Crippen LogP contribution in [0.3, 0.4) is 0 Å². The summed E-state index contributed by atoms with van der Waals surface area (Å²) in [5, 5.41) is 12.8. The van der Waals surface area contributed by atoms with Crippen LogP contribution in [0.2, 0.25) is 0 Å². The van der Waals surface area contributed by atoms with Gasteiger partial charge in [0.25, 0.3) is 5.91 Å². The van der Waals surface area contributed by atoms with Gasteiger partial charge in [-0.1, -0.05) is 6.07 Å². The molecular weight excluding hydrogens is 290 g/mol. The van der Waals surface area contributed by atoms with Gasteiger partial charge < -0.3 is 9.73 Å². The molecular formula is C18H13N3O2. The number of hydrogen-bond acceptors (Lipinski definition) is 4. The molecule has 23 heavy (non-hydrogen) atoms. The van der Waals surface area contributed by atoms with Crippen LogP contribution in [0.1, 0.15) is 11.5 Å². The van der Waals surface area contributed by atoms with Crippen LogP contribution in [0.15, 0.2) is 58.7 Å². The Balaban J connectivity index is 1.90. The molecule has 0 aliphatic carbocycles. The highest BCUT2D eigenvalue weighted by molar-refractivity contribution is 6.12. The molecule has 5 heteroatoms. The molecule has 0 spiro atoms. The zero-order valence-corrected chi connectivity index (χ0v) is 12.4. The van der Waals surface area contributed by atoms with E-state index in [2.05, 4.69) is 10.3 Å². The number of carbonyl (C=O) groups is 1. The molecule has 0 unspecified atom stereocenters. The number of aromatic nitrogens is 1. The van der Waals surface area contributed by atoms with Crippen LogP contribution in [0.5, 0.6) is 0 Å². The molecule has 1 N–H and O–H groups in total. The van der Waals surface area contributed by atoms with Crippen molar-refractivity contribution in [3.05, 3.63) is 65.8 Å². The molecule has 0 aliphatic heterocycles. The molecule has 1 amide bonds. The van der Waals surface area contributed by atoms with Crippen molar-refractivity contribution in [2.24, 2.45) is 0 Å². The van der Waals surface area contributed by atoms with Crippen molar-refractivity contribution in [3.8, 4) is 6.07 Å². The second-order valence-electron chi connectivity index (χ2n) is 4.95. The summed E-state index contributed by atoms with van der Waals surface area (Å²) in [6, 6.07) is 14.5. The number of anilines is 1. The second kappa shape index (κ2) is 6.16. The summed E-state index contributed by atoms with van der Waals surface area (Å²) in [4.78, 5) is 16.6. The number of benzene rings is 1. The van der Waals surface area contributed by atoms with Crippen molar-refractivity contribution in [1.29, 1.82) is 5.26 Å². The zero-order chi connectivity index (χ0) is 16.2. The first-order valence-electron chi connectivity index (χ1n) is 7.01. The molecule has 2 aromatic heterocycles. The first kappa shape index (κ1) is 14.5. The van der Waals surface area contributed by atoms with E-state index >= 15 is 0 Å². The van der Waals surface area contributed by atoms with E-state index in [9.17, 15) is 10.1 Å². The van der Waals surface area contributed by atoms with Crippen molar-refractivity contribution in [1.82, 2.24) is 4.98 Å². The molecule has 1 aromatic carbocycles. The van der Waals surface area contributed by atoms with Crippen LogP contribution in [-0.2, 0) is 4.79 Å². The molecule has 0 fully saturated rings. The maximum Gasteiger partial charge on any atom is 0.266 e. The van der Waals surface area contributed by atoms with Crippen molar-refractivity contribution in [3.63, 3.8) is 0 Å². The van der Waals surface area contributed by atoms with Gasteiger partial charge in [-0.3, -0.25) is 9.78 Å². The van der Waals surface area contributed by atoms with Gasteiger partial charge in [0.15, 0.2) is 0 Å². The normalized spacial score (nSPS) is 11.2. The predicted molar refractivity (Wildman–Crippen MR) is 87.4 cm³/mol. The quantitative estimate of drug-likeness (QED) is 0.591. The number of nitrogens with zero attached hydrogens (tertiary/aromatic N) is 2. The molecule has 0 radical (unpaired) electrons. The standard InChI is InChI=1S/C18H13N3O2/c1-12-7-8-14(23-12)10-13(11-19)18(22)21-17-6-2-5-16-15(17)4-3-9-20-16/h2-10H,1H3,(H,21,22). The third-order valence-electron chi connectivity index (χ3n) is 3.31. The minimum Gasteiger partial charge on any atom is -0.462 e. The highest BCUT2D eigenvalue weighted by Crippen LogP contribution is 2.22. The van der Waals surface area contributed by atoms with E-state index in [1.807, 2.05) is 18.2 Å². The van der Waals surface area contributed by atoms with E-state index in [4.69, 9.17) is 4.42 Å². The maximum atomic E-state index is 12.3. The summed E-state index contributed by atoms with van der Waals surface area (Å²) in [7, 11) is 0. The Morgan fingerprint density at radius 2 is 2.13 bits per heavy atom. The number of furan rings is 1. The summed E-state index contributed by atoms with van der Waals surface area (Å²) in [5.41, 5.74) is 1.35. The lowest BCUT2D eigenvalue weighted by molar-refractivity contribution is -0.112. The third-order valence-corrected chi connectivity index (χ3v) is 3.31. The van der Waals surface area contributed by atoms with E-state index in [0.29, 0.717) is 17.2 Å². The van der Waals surface area contributed by atoms with Gasteiger partial charge >= 0.3 is 0 Å². The summed E-state index contributed by atoms with van der Waals surface area (Å²) >= 11 is 0. The summed E-state index contributed by atoms with van der Waals surface area (Å²) in [5.74, 6) is 0.695. The molecule has 0 saturated carbocycles. The van der Waals surface area contributed by atoms with Gasteiger partial charge in [0, 0.05) is 17.7 Å². The molecule has 0 atom stereocenters. The third kappa shape index (κ3) is 3.11. The fourth-order valence-corrected chi connectivity index (χ4v) is 2.22. The number of hydrogen-bond donors (Lipinski definition) is 1. The highest BCUT2D eigenvalue weighted by Gasteiger charge is 2.12. The molecule has 0 saturated heterocycles. The number of amides is 1. The fraction of sp³-hybridized carbons (Fsp3) is 0.0556. The van der Waals surface area contributed by atoms with Gasteiger partial charge in [-0.25, -0.2) is 0 Å². The lowest BCUT2D eigenvalue weighted by Crippen LogP contribution is -2.13. The second-order valence-corrected chi connectivity index (χ2v) is 4.95. The fourth-order valence-electron chi connectivity index (χ4n) is 2.22. The Bertz CT molecular complexity index is 943. The molecule has 112 valence electrons. The SMILES string of the molecule is Cc1ccc(C=C(C#N)C(=O)Nc2cccc3ncccc23)o1. The van der Waals surface area contributed by atoms with Crippen LogP contribution in [-0.4, -0.2) is 10.9 Å². The van der Waals surface area contributed by atoms with Crippen LogP contribution < -0.4 is 5.32 Å². The number of nitrogens with one attached hydrogen (secondary N) is 1. The Labute approximate surface area is 132 Å². The summed E-state index contributed by atoms with van der Waals surface area (Å²) < 4.78 is 5.37. The average molecular weight is 303 g/mol. The molecule has 2 heterocycles.